The Balaban J connectivity index is 2.41. The molecular formula is C15H16F4O2. The van der Waals surface area contributed by atoms with E-state index in [1.54, 1.807) is 6.07 Å². The van der Waals surface area contributed by atoms with Crippen molar-refractivity contribution in [1.82, 2.24) is 0 Å². The maximum absolute atomic E-state index is 13.7. The van der Waals surface area contributed by atoms with Gasteiger partial charge in [-0.05, 0) is 18.6 Å². The van der Waals surface area contributed by atoms with E-state index in [2.05, 4.69) is 11.8 Å². The SMILES string of the molecule is OCCC#Cc1ccc(COCCCC(F)(F)F)c(F)c1. The summed E-state index contributed by atoms with van der Waals surface area (Å²) in [4.78, 5) is 0. The van der Waals surface area contributed by atoms with Crippen molar-refractivity contribution in [2.75, 3.05) is 13.2 Å². The number of ether oxygens (including phenoxy) is 1. The Bertz CT molecular complexity index is 501. The minimum absolute atomic E-state index is 0.0562. The highest BCUT2D eigenvalue weighted by Crippen LogP contribution is 2.21. The second kappa shape index (κ2) is 8.65. The summed E-state index contributed by atoms with van der Waals surface area (Å²) in [6.07, 6.45) is -4.93. The van der Waals surface area contributed by atoms with Crippen LogP contribution >= 0.6 is 0 Å². The third-order valence-corrected chi connectivity index (χ3v) is 2.53. The molecule has 0 saturated carbocycles. The predicted octanol–water partition coefficient (Wildman–Crippen LogP) is 3.42. The lowest BCUT2D eigenvalue weighted by Crippen LogP contribution is -2.09. The molecule has 0 saturated heterocycles. The standard InChI is InChI=1S/C15H16F4O2/c16-14-10-12(4-1-2-8-20)5-6-13(14)11-21-9-3-7-15(17,18)19/h5-6,10,20H,2-3,7-9,11H2. The number of aliphatic hydroxyl groups is 1. The first-order valence-electron chi connectivity index (χ1n) is 6.45. The normalized spacial score (nSPS) is 11.1. The van der Waals surface area contributed by atoms with Crippen molar-refractivity contribution in [2.24, 2.45) is 0 Å². The number of hydrogen-bond donors (Lipinski definition) is 1. The molecule has 0 unspecified atom stereocenters. The summed E-state index contributed by atoms with van der Waals surface area (Å²) in [6.45, 7) is -0.204. The molecule has 6 heteroatoms. The van der Waals surface area contributed by atoms with Crippen molar-refractivity contribution >= 4 is 0 Å². The highest BCUT2D eigenvalue weighted by molar-refractivity contribution is 5.36. The van der Waals surface area contributed by atoms with Crippen LogP contribution in [0.25, 0.3) is 0 Å². The van der Waals surface area contributed by atoms with Crippen molar-refractivity contribution in [2.45, 2.75) is 32.0 Å². The number of hydrogen-bond acceptors (Lipinski definition) is 2. The fourth-order valence-electron chi connectivity index (χ4n) is 1.52. The Morgan fingerprint density at radius 1 is 1.24 bits per heavy atom. The maximum Gasteiger partial charge on any atom is 0.389 e. The van der Waals surface area contributed by atoms with Crippen molar-refractivity contribution in [3.8, 4) is 11.8 Å². The summed E-state index contributed by atoms with van der Waals surface area (Å²) in [5, 5.41) is 8.57. The van der Waals surface area contributed by atoms with Gasteiger partial charge in [0, 0.05) is 30.6 Å². The van der Waals surface area contributed by atoms with E-state index in [-0.39, 0.29) is 31.8 Å². The zero-order valence-electron chi connectivity index (χ0n) is 11.3. The van der Waals surface area contributed by atoms with E-state index in [0.29, 0.717) is 12.0 Å². The van der Waals surface area contributed by atoms with Gasteiger partial charge in [0.1, 0.15) is 5.82 Å². The Morgan fingerprint density at radius 2 is 2.00 bits per heavy atom. The Kier molecular flexibility index (Phi) is 7.20. The third-order valence-electron chi connectivity index (χ3n) is 2.53. The molecule has 116 valence electrons. The highest BCUT2D eigenvalue weighted by Gasteiger charge is 2.25. The molecule has 0 heterocycles. The molecule has 1 N–H and O–H groups in total. The van der Waals surface area contributed by atoms with E-state index in [0.717, 1.165) is 0 Å². The molecule has 0 bridgehead atoms. The minimum Gasteiger partial charge on any atom is -0.395 e. The summed E-state index contributed by atoms with van der Waals surface area (Å²) >= 11 is 0. The summed E-state index contributed by atoms with van der Waals surface area (Å²) in [5.74, 6) is 4.85. The van der Waals surface area contributed by atoms with Crippen molar-refractivity contribution in [3.63, 3.8) is 0 Å². The minimum atomic E-state index is -4.19. The Morgan fingerprint density at radius 3 is 2.62 bits per heavy atom. The molecule has 1 rings (SSSR count). The molecule has 0 amide bonds. The molecule has 0 aliphatic heterocycles. The fraction of sp³-hybridized carbons (Fsp3) is 0.467. The lowest BCUT2D eigenvalue weighted by atomic mass is 10.1. The van der Waals surface area contributed by atoms with E-state index < -0.39 is 18.4 Å². The molecule has 21 heavy (non-hydrogen) atoms. The molecule has 0 atom stereocenters. The first-order valence-corrected chi connectivity index (χ1v) is 6.45. The van der Waals surface area contributed by atoms with Crippen LogP contribution in [0.4, 0.5) is 17.6 Å². The van der Waals surface area contributed by atoms with Crippen LogP contribution in [0.1, 0.15) is 30.4 Å². The zero-order chi connectivity index (χ0) is 15.7. The monoisotopic (exact) mass is 304 g/mol. The molecule has 0 aliphatic rings. The van der Waals surface area contributed by atoms with Crippen LogP contribution in [0.5, 0.6) is 0 Å². The van der Waals surface area contributed by atoms with Crippen molar-refractivity contribution < 1.29 is 27.4 Å². The zero-order valence-corrected chi connectivity index (χ0v) is 11.3. The van der Waals surface area contributed by atoms with Gasteiger partial charge < -0.3 is 9.84 Å². The average Bonchev–Trinajstić information content (AvgIpc) is 2.39. The lowest BCUT2D eigenvalue weighted by molar-refractivity contribution is -0.138. The predicted molar refractivity (Wildman–Crippen MR) is 69.9 cm³/mol. The second-order valence-corrected chi connectivity index (χ2v) is 4.35. The first kappa shape index (κ1) is 17.5. The first-order chi connectivity index (χ1) is 9.92. The van der Waals surface area contributed by atoms with Crippen LogP contribution in [0.2, 0.25) is 0 Å². The van der Waals surface area contributed by atoms with Crippen molar-refractivity contribution in [3.05, 3.63) is 35.1 Å². The topological polar surface area (TPSA) is 29.5 Å². The van der Waals surface area contributed by atoms with Gasteiger partial charge >= 0.3 is 6.18 Å². The van der Waals surface area contributed by atoms with E-state index in [1.165, 1.54) is 12.1 Å². The van der Waals surface area contributed by atoms with Gasteiger partial charge in [0.2, 0.25) is 0 Å². The molecule has 2 nitrogen and oxygen atoms in total. The number of benzene rings is 1. The fourth-order valence-corrected chi connectivity index (χ4v) is 1.52. The van der Waals surface area contributed by atoms with E-state index in [1.807, 2.05) is 0 Å². The maximum atomic E-state index is 13.7. The second-order valence-electron chi connectivity index (χ2n) is 4.35. The summed E-state index contributed by atoms with van der Waals surface area (Å²) in [6, 6.07) is 4.32. The van der Waals surface area contributed by atoms with Gasteiger partial charge in [-0.1, -0.05) is 17.9 Å². The molecule has 0 radical (unpaired) electrons. The van der Waals surface area contributed by atoms with Crippen molar-refractivity contribution in [1.29, 1.82) is 0 Å². The van der Waals surface area contributed by atoms with Gasteiger partial charge in [0.25, 0.3) is 0 Å². The quantitative estimate of drug-likeness (QED) is 0.496. The van der Waals surface area contributed by atoms with Crippen LogP contribution < -0.4 is 0 Å². The molecule has 0 fully saturated rings. The van der Waals surface area contributed by atoms with E-state index in [9.17, 15) is 17.6 Å². The number of aliphatic hydroxyl groups excluding tert-OH is 1. The van der Waals surface area contributed by atoms with Gasteiger partial charge in [0.15, 0.2) is 0 Å². The molecule has 1 aromatic carbocycles. The Hall–Kier alpha value is -1.58. The molecule has 0 aromatic heterocycles. The van der Waals surface area contributed by atoms with Crippen LogP contribution in [0, 0.1) is 17.7 Å². The number of alkyl halides is 3. The summed E-state index contributed by atoms with van der Waals surface area (Å²) < 4.78 is 54.4. The summed E-state index contributed by atoms with van der Waals surface area (Å²) in [5.41, 5.74) is 0.747. The highest BCUT2D eigenvalue weighted by atomic mass is 19.4. The summed E-state index contributed by atoms with van der Waals surface area (Å²) in [7, 11) is 0. The average molecular weight is 304 g/mol. The van der Waals surface area contributed by atoms with Gasteiger partial charge in [-0.2, -0.15) is 13.2 Å². The van der Waals surface area contributed by atoms with Crippen LogP contribution in [0.15, 0.2) is 18.2 Å². The number of rotatable bonds is 6. The van der Waals surface area contributed by atoms with Crippen LogP contribution in [-0.2, 0) is 11.3 Å². The van der Waals surface area contributed by atoms with Gasteiger partial charge in [0.05, 0.1) is 13.2 Å². The third kappa shape index (κ3) is 7.69. The smallest absolute Gasteiger partial charge is 0.389 e. The van der Waals surface area contributed by atoms with E-state index in [4.69, 9.17) is 9.84 Å². The van der Waals surface area contributed by atoms with Gasteiger partial charge in [-0.15, -0.1) is 0 Å². The molecule has 0 aliphatic carbocycles. The molecular weight excluding hydrogens is 288 g/mol. The largest absolute Gasteiger partial charge is 0.395 e. The lowest BCUT2D eigenvalue weighted by Gasteiger charge is -2.07. The number of halogens is 4. The van der Waals surface area contributed by atoms with Gasteiger partial charge in [-0.25, -0.2) is 4.39 Å². The molecule has 0 spiro atoms. The van der Waals surface area contributed by atoms with Crippen LogP contribution in [-0.4, -0.2) is 24.5 Å². The molecule has 1 aromatic rings. The van der Waals surface area contributed by atoms with Crippen LogP contribution in [0.3, 0.4) is 0 Å². The Labute approximate surface area is 120 Å². The van der Waals surface area contributed by atoms with Gasteiger partial charge in [-0.3, -0.25) is 0 Å². The van der Waals surface area contributed by atoms with E-state index >= 15 is 0 Å².